The summed E-state index contributed by atoms with van der Waals surface area (Å²) in [6, 6.07) is 1.30. The summed E-state index contributed by atoms with van der Waals surface area (Å²) >= 11 is 0. The summed E-state index contributed by atoms with van der Waals surface area (Å²) in [6.45, 7) is 3.05. The van der Waals surface area contributed by atoms with Gasteiger partial charge in [0.25, 0.3) is 0 Å². The van der Waals surface area contributed by atoms with Gasteiger partial charge in [0.1, 0.15) is 0 Å². The van der Waals surface area contributed by atoms with Crippen LogP contribution in [0.1, 0.15) is 0 Å². The highest BCUT2D eigenvalue weighted by Gasteiger charge is 1.76. The van der Waals surface area contributed by atoms with Crippen LogP contribution in [0, 0.1) is 6.42 Å². The van der Waals surface area contributed by atoms with Gasteiger partial charge < -0.3 is 5.73 Å². The molecule has 0 amide bonds. The molecular weight excluding hydrogens is 90.1 g/mol. The Labute approximate surface area is 41.7 Å². The lowest BCUT2D eigenvalue weighted by molar-refractivity contribution is 1.13. The van der Waals surface area contributed by atoms with Crippen molar-refractivity contribution in [3.05, 3.63) is 6.42 Å². The second-order valence-corrected chi connectivity index (χ2v) is 2.89. The highest BCUT2D eigenvalue weighted by Crippen LogP contribution is 1.79. The zero-order chi connectivity index (χ0) is 4.83. The fourth-order valence-electron chi connectivity index (χ4n) is 0.322. The lowest BCUT2D eigenvalue weighted by atomic mass is 10.5. The second-order valence-electron chi connectivity index (χ2n) is 1.31. The SMILES string of the molecule is C[SiH2]C[CH]CN. The van der Waals surface area contributed by atoms with Crippen LogP contribution >= 0.6 is 0 Å². The summed E-state index contributed by atoms with van der Waals surface area (Å²) in [6.07, 6.45) is 2.15. The van der Waals surface area contributed by atoms with Gasteiger partial charge in [-0.15, -0.1) is 0 Å². The summed E-state index contributed by atoms with van der Waals surface area (Å²) < 4.78 is 0. The van der Waals surface area contributed by atoms with Gasteiger partial charge in [0.15, 0.2) is 0 Å². The van der Waals surface area contributed by atoms with E-state index in [9.17, 15) is 0 Å². The molecule has 2 heteroatoms. The molecule has 2 N–H and O–H groups in total. The van der Waals surface area contributed by atoms with Gasteiger partial charge >= 0.3 is 0 Å². The first-order valence-corrected chi connectivity index (χ1v) is 4.85. The Morgan fingerprint density at radius 1 is 1.83 bits per heavy atom. The van der Waals surface area contributed by atoms with Crippen molar-refractivity contribution < 1.29 is 0 Å². The molecule has 0 aromatic heterocycles. The van der Waals surface area contributed by atoms with Crippen molar-refractivity contribution in [2.24, 2.45) is 5.73 Å². The molecule has 0 heterocycles. The van der Waals surface area contributed by atoms with Crippen LogP contribution in [0.25, 0.3) is 0 Å². The zero-order valence-electron chi connectivity index (χ0n) is 4.28. The van der Waals surface area contributed by atoms with E-state index in [1.165, 1.54) is 6.04 Å². The van der Waals surface area contributed by atoms with Crippen molar-refractivity contribution in [1.82, 2.24) is 0 Å². The molecule has 0 spiro atoms. The molecular formula is C4H12NSi. The fourth-order valence-corrected chi connectivity index (χ4v) is 0.966. The van der Waals surface area contributed by atoms with E-state index in [0.29, 0.717) is 0 Å². The van der Waals surface area contributed by atoms with E-state index in [1.807, 2.05) is 0 Å². The quantitative estimate of drug-likeness (QED) is 0.387. The minimum atomic E-state index is 0.267. The lowest BCUT2D eigenvalue weighted by Gasteiger charge is -1.85. The van der Waals surface area contributed by atoms with Crippen molar-refractivity contribution in [3.8, 4) is 0 Å². The predicted octanol–water partition coefficient (Wildman–Crippen LogP) is -0.215. The number of hydrogen-bond acceptors (Lipinski definition) is 1. The van der Waals surface area contributed by atoms with E-state index in [0.717, 1.165) is 6.54 Å². The third kappa shape index (κ3) is 4.18. The molecule has 1 nitrogen and oxygen atoms in total. The molecule has 0 aliphatic carbocycles. The first-order valence-electron chi connectivity index (χ1n) is 2.43. The third-order valence-electron chi connectivity index (χ3n) is 0.659. The molecule has 0 rings (SSSR count). The Kier molecular flexibility index (Phi) is 5.33. The Bertz CT molecular complexity index is 19.5. The highest BCUT2D eigenvalue weighted by molar-refractivity contribution is 6.33. The van der Waals surface area contributed by atoms with Gasteiger partial charge in [0.2, 0.25) is 0 Å². The monoisotopic (exact) mass is 102 g/mol. The van der Waals surface area contributed by atoms with Crippen LogP contribution in [0.4, 0.5) is 0 Å². The largest absolute Gasteiger partial charge is 0.330 e. The maximum absolute atomic E-state index is 5.18. The summed E-state index contributed by atoms with van der Waals surface area (Å²) in [5.74, 6) is 0. The first kappa shape index (κ1) is 6.18. The fraction of sp³-hybridized carbons (Fsp3) is 0.750. The molecule has 0 aliphatic rings. The van der Waals surface area contributed by atoms with Crippen LogP contribution in [-0.4, -0.2) is 16.1 Å². The molecule has 0 aromatic carbocycles. The molecule has 0 aliphatic heterocycles. The zero-order valence-corrected chi connectivity index (χ0v) is 5.69. The van der Waals surface area contributed by atoms with Gasteiger partial charge in [-0.3, -0.25) is 0 Å². The Morgan fingerprint density at radius 3 is 2.67 bits per heavy atom. The highest BCUT2D eigenvalue weighted by atomic mass is 28.2. The Morgan fingerprint density at radius 2 is 2.50 bits per heavy atom. The van der Waals surface area contributed by atoms with Gasteiger partial charge in [-0.1, -0.05) is 12.6 Å². The first-order chi connectivity index (χ1) is 2.91. The molecule has 6 heavy (non-hydrogen) atoms. The Hall–Kier alpha value is 0.177. The van der Waals surface area contributed by atoms with Crippen molar-refractivity contribution in [1.29, 1.82) is 0 Å². The molecule has 0 atom stereocenters. The van der Waals surface area contributed by atoms with E-state index < -0.39 is 0 Å². The molecule has 0 saturated heterocycles. The second kappa shape index (κ2) is 5.18. The summed E-state index contributed by atoms with van der Waals surface area (Å²) in [4.78, 5) is 0. The normalized spacial score (nSPS) is 11.0. The molecule has 0 unspecified atom stereocenters. The van der Waals surface area contributed by atoms with Crippen LogP contribution in [-0.2, 0) is 0 Å². The van der Waals surface area contributed by atoms with Crippen LogP contribution in [0.3, 0.4) is 0 Å². The summed E-state index contributed by atoms with van der Waals surface area (Å²) in [5.41, 5.74) is 5.18. The maximum atomic E-state index is 5.18. The summed E-state index contributed by atoms with van der Waals surface area (Å²) in [7, 11) is 0.267. The molecule has 0 fully saturated rings. The van der Waals surface area contributed by atoms with Gasteiger partial charge in [-0.25, -0.2) is 0 Å². The van der Waals surface area contributed by atoms with Crippen molar-refractivity contribution in [2.45, 2.75) is 12.6 Å². The average Bonchev–Trinajstić information content (AvgIpc) is 1.61. The van der Waals surface area contributed by atoms with Gasteiger partial charge in [0.05, 0.1) is 0 Å². The van der Waals surface area contributed by atoms with Gasteiger partial charge in [-0.2, -0.15) is 0 Å². The maximum Gasteiger partial charge on any atom is 0.0170 e. The molecule has 0 aromatic rings. The van der Waals surface area contributed by atoms with Gasteiger partial charge in [-0.05, 0) is 13.0 Å². The minimum absolute atomic E-state index is 0.267. The van der Waals surface area contributed by atoms with Crippen LogP contribution in [0.2, 0.25) is 12.6 Å². The Balaban J connectivity index is 2.34. The lowest BCUT2D eigenvalue weighted by Crippen LogP contribution is -1.99. The number of nitrogens with two attached hydrogens (primary N) is 1. The smallest absolute Gasteiger partial charge is 0.0170 e. The molecule has 1 radical (unpaired) electrons. The standard InChI is InChI=1S/C4H12NSi/c1-6-4-2-3-5/h2H,3-6H2,1H3. The van der Waals surface area contributed by atoms with Crippen molar-refractivity contribution in [3.63, 3.8) is 0 Å². The van der Waals surface area contributed by atoms with Crippen molar-refractivity contribution >= 4 is 9.52 Å². The average molecular weight is 102 g/mol. The topological polar surface area (TPSA) is 26.0 Å². The van der Waals surface area contributed by atoms with E-state index in [2.05, 4.69) is 13.0 Å². The number of rotatable bonds is 3. The number of hydrogen-bond donors (Lipinski definition) is 1. The summed E-state index contributed by atoms with van der Waals surface area (Å²) in [5, 5.41) is 0. The van der Waals surface area contributed by atoms with Gasteiger partial charge in [0, 0.05) is 9.52 Å². The van der Waals surface area contributed by atoms with E-state index >= 15 is 0 Å². The van der Waals surface area contributed by atoms with Crippen LogP contribution < -0.4 is 5.73 Å². The predicted molar refractivity (Wildman–Crippen MR) is 32.6 cm³/mol. The van der Waals surface area contributed by atoms with Crippen LogP contribution in [0.5, 0.6) is 0 Å². The molecule has 37 valence electrons. The van der Waals surface area contributed by atoms with Crippen LogP contribution in [0.15, 0.2) is 0 Å². The third-order valence-corrected chi connectivity index (χ3v) is 1.65. The molecule has 0 bridgehead atoms. The van der Waals surface area contributed by atoms with E-state index in [1.54, 1.807) is 0 Å². The van der Waals surface area contributed by atoms with E-state index in [-0.39, 0.29) is 9.52 Å². The van der Waals surface area contributed by atoms with Crippen molar-refractivity contribution in [2.75, 3.05) is 6.54 Å². The minimum Gasteiger partial charge on any atom is -0.330 e. The molecule has 0 saturated carbocycles. The van der Waals surface area contributed by atoms with E-state index in [4.69, 9.17) is 5.73 Å².